The average Bonchev–Trinajstić information content (AvgIpc) is 3.47. The molecular formula is C26H26FN3O6S3. The first-order chi connectivity index (χ1) is 18.6. The van der Waals surface area contributed by atoms with Crippen LogP contribution in [0.25, 0.3) is 0 Å². The Morgan fingerprint density at radius 2 is 1.77 bits per heavy atom. The highest BCUT2D eigenvalue weighted by atomic mass is 32.2. The monoisotopic (exact) mass is 591 g/mol. The van der Waals surface area contributed by atoms with Crippen molar-refractivity contribution in [1.82, 2.24) is 14.5 Å². The lowest BCUT2D eigenvalue weighted by Gasteiger charge is -2.40. The van der Waals surface area contributed by atoms with E-state index in [4.69, 9.17) is 0 Å². The van der Waals surface area contributed by atoms with Crippen LogP contribution in [-0.4, -0.2) is 71.9 Å². The van der Waals surface area contributed by atoms with Gasteiger partial charge in [0.15, 0.2) is 0 Å². The van der Waals surface area contributed by atoms with E-state index >= 15 is 0 Å². The lowest BCUT2D eigenvalue weighted by Crippen LogP contribution is -2.62. The van der Waals surface area contributed by atoms with E-state index in [0.717, 1.165) is 33.5 Å². The number of carboxylic acid groups (broad SMARTS) is 1. The second-order valence-corrected chi connectivity index (χ2v) is 12.7. The lowest BCUT2D eigenvalue weighted by molar-refractivity contribution is -0.142. The summed E-state index contributed by atoms with van der Waals surface area (Å²) in [6, 6.07) is 15.0. The van der Waals surface area contributed by atoms with E-state index in [1.54, 1.807) is 17.5 Å². The van der Waals surface area contributed by atoms with Gasteiger partial charge in [0.1, 0.15) is 11.9 Å². The van der Waals surface area contributed by atoms with Crippen molar-refractivity contribution in [1.29, 1.82) is 0 Å². The van der Waals surface area contributed by atoms with Crippen LogP contribution in [0.4, 0.5) is 4.39 Å². The van der Waals surface area contributed by atoms with Crippen molar-refractivity contribution in [2.75, 3.05) is 25.4 Å². The fourth-order valence-corrected chi connectivity index (χ4v) is 7.18. The van der Waals surface area contributed by atoms with Gasteiger partial charge in [-0.2, -0.15) is 4.31 Å². The third-order valence-electron chi connectivity index (χ3n) is 6.10. The molecule has 2 atom stereocenters. The molecule has 2 N–H and O–H groups in total. The van der Waals surface area contributed by atoms with E-state index < -0.39 is 39.8 Å². The van der Waals surface area contributed by atoms with Crippen LogP contribution in [0.15, 0.2) is 81.9 Å². The molecular weight excluding hydrogens is 566 g/mol. The fraction of sp³-hybridized carbons (Fsp3) is 0.269. The maximum atomic E-state index is 13.6. The first kappa shape index (κ1) is 28.7. The van der Waals surface area contributed by atoms with Crippen molar-refractivity contribution in [3.63, 3.8) is 0 Å². The normalized spacial score (nSPS) is 16.9. The molecule has 9 nitrogen and oxygen atoms in total. The zero-order valence-corrected chi connectivity index (χ0v) is 23.1. The fourth-order valence-electron chi connectivity index (χ4n) is 4.15. The summed E-state index contributed by atoms with van der Waals surface area (Å²) in [4.78, 5) is 41.0. The van der Waals surface area contributed by atoms with Crippen LogP contribution < -0.4 is 5.32 Å². The third kappa shape index (κ3) is 7.24. The molecule has 2 unspecified atom stereocenters. The van der Waals surface area contributed by atoms with Crippen molar-refractivity contribution in [3.8, 4) is 0 Å². The second kappa shape index (κ2) is 12.7. The standard InChI is InChI=1S/C26H26FN3O6S3/c27-18-8-10-20(11-9-18)39(35,36)29-12-13-30(24(31)17-38-19-5-2-1-3-6-19)22(16-29)26(34)28-21(15-25(32)33)23-7-4-14-37-23/h1-11,14,21-22H,12-13,15-17H2,(H,28,34)(H,32,33). The van der Waals surface area contributed by atoms with E-state index in [0.29, 0.717) is 4.88 Å². The number of thioether (sulfide) groups is 1. The predicted octanol–water partition coefficient (Wildman–Crippen LogP) is 3.21. The lowest BCUT2D eigenvalue weighted by atomic mass is 10.1. The SMILES string of the molecule is O=C(O)CC(NC(=O)C1CN(S(=O)(=O)c2ccc(F)cc2)CCN1C(=O)CSc1ccccc1)c1cccs1. The molecule has 2 heterocycles. The summed E-state index contributed by atoms with van der Waals surface area (Å²) in [5, 5.41) is 13.9. The highest BCUT2D eigenvalue weighted by Crippen LogP contribution is 2.26. The molecule has 1 aliphatic heterocycles. The Bertz CT molecular complexity index is 1400. The van der Waals surface area contributed by atoms with Crippen molar-refractivity contribution < 1.29 is 32.3 Å². The largest absolute Gasteiger partial charge is 0.481 e. The zero-order valence-electron chi connectivity index (χ0n) is 20.6. The number of rotatable bonds is 10. The molecule has 0 saturated carbocycles. The smallest absolute Gasteiger partial charge is 0.305 e. The molecule has 1 fully saturated rings. The second-order valence-electron chi connectivity index (χ2n) is 8.70. The first-order valence-electron chi connectivity index (χ1n) is 11.9. The molecule has 0 bridgehead atoms. The third-order valence-corrected chi connectivity index (χ3v) is 9.97. The van der Waals surface area contributed by atoms with Gasteiger partial charge in [0, 0.05) is 29.4 Å². The number of thiophene rings is 1. The summed E-state index contributed by atoms with van der Waals surface area (Å²) < 4.78 is 41.1. The van der Waals surface area contributed by atoms with E-state index in [2.05, 4.69) is 5.32 Å². The Hall–Kier alpha value is -3.26. The molecule has 1 aromatic heterocycles. The molecule has 0 radical (unpaired) electrons. The summed E-state index contributed by atoms with van der Waals surface area (Å²) in [6.07, 6.45) is -0.381. The summed E-state index contributed by atoms with van der Waals surface area (Å²) in [5.41, 5.74) is 0. The molecule has 39 heavy (non-hydrogen) atoms. The number of carbonyl (C=O) groups excluding carboxylic acids is 2. The highest BCUT2D eigenvalue weighted by Gasteiger charge is 2.40. The number of amides is 2. The summed E-state index contributed by atoms with van der Waals surface area (Å²) in [6.45, 7) is -0.443. The minimum absolute atomic E-state index is 0.0297. The number of carboxylic acids is 1. The minimum atomic E-state index is -4.09. The van der Waals surface area contributed by atoms with Gasteiger partial charge in [-0.1, -0.05) is 24.3 Å². The average molecular weight is 592 g/mol. The Balaban J connectivity index is 1.57. The number of aliphatic carboxylic acids is 1. The van der Waals surface area contributed by atoms with Gasteiger partial charge in [-0.3, -0.25) is 14.4 Å². The van der Waals surface area contributed by atoms with Crippen molar-refractivity contribution in [2.24, 2.45) is 0 Å². The van der Waals surface area contributed by atoms with Crippen LogP contribution in [0.2, 0.25) is 0 Å². The number of nitrogens with one attached hydrogen (secondary N) is 1. The van der Waals surface area contributed by atoms with E-state index in [-0.39, 0.29) is 42.6 Å². The van der Waals surface area contributed by atoms with Gasteiger partial charge < -0.3 is 15.3 Å². The Morgan fingerprint density at radius 1 is 1.05 bits per heavy atom. The quantitative estimate of drug-likeness (QED) is 0.347. The van der Waals surface area contributed by atoms with Gasteiger partial charge in [0.25, 0.3) is 0 Å². The molecule has 1 aliphatic rings. The number of nitrogens with zero attached hydrogens (tertiary/aromatic N) is 2. The number of sulfonamides is 1. The number of hydrogen-bond acceptors (Lipinski definition) is 7. The number of hydrogen-bond donors (Lipinski definition) is 2. The summed E-state index contributed by atoms with van der Waals surface area (Å²) >= 11 is 2.57. The predicted molar refractivity (Wildman–Crippen MR) is 145 cm³/mol. The molecule has 3 aromatic rings. The Morgan fingerprint density at radius 3 is 2.41 bits per heavy atom. The highest BCUT2D eigenvalue weighted by molar-refractivity contribution is 8.00. The molecule has 13 heteroatoms. The van der Waals surface area contributed by atoms with E-state index in [1.807, 2.05) is 30.3 Å². The number of piperazine rings is 1. The van der Waals surface area contributed by atoms with Gasteiger partial charge in [0.05, 0.1) is 23.1 Å². The van der Waals surface area contributed by atoms with E-state index in [9.17, 15) is 32.3 Å². The van der Waals surface area contributed by atoms with Gasteiger partial charge in [0.2, 0.25) is 21.8 Å². The first-order valence-corrected chi connectivity index (χ1v) is 15.2. The van der Waals surface area contributed by atoms with Crippen molar-refractivity contribution >= 4 is 50.9 Å². The van der Waals surface area contributed by atoms with Crippen LogP contribution >= 0.6 is 23.1 Å². The van der Waals surface area contributed by atoms with Gasteiger partial charge in [-0.15, -0.1) is 23.1 Å². The maximum Gasteiger partial charge on any atom is 0.305 e. The van der Waals surface area contributed by atoms with Gasteiger partial charge >= 0.3 is 5.97 Å². The van der Waals surface area contributed by atoms with Crippen molar-refractivity contribution in [3.05, 3.63) is 82.8 Å². The molecule has 0 spiro atoms. The molecule has 4 rings (SSSR count). The van der Waals surface area contributed by atoms with E-state index in [1.165, 1.54) is 28.0 Å². The molecule has 1 saturated heterocycles. The Labute approximate surface area is 233 Å². The topological polar surface area (TPSA) is 124 Å². The minimum Gasteiger partial charge on any atom is -0.481 e. The van der Waals surface area contributed by atoms with Crippen LogP contribution in [0.1, 0.15) is 17.3 Å². The molecule has 2 aromatic carbocycles. The number of carbonyl (C=O) groups is 3. The molecule has 206 valence electrons. The summed E-state index contributed by atoms with van der Waals surface area (Å²) in [7, 11) is -4.09. The number of benzene rings is 2. The van der Waals surface area contributed by atoms with Gasteiger partial charge in [-0.05, 0) is 47.8 Å². The maximum absolute atomic E-state index is 13.6. The molecule has 2 amide bonds. The summed E-state index contributed by atoms with van der Waals surface area (Å²) in [5.74, 6) is -2.69. The van der Waals surface area contributed by atoms with Crippen LogP contribution in [0.3, 0.4) is 0 Å². The number of halogens is 1. The Kier molecular flexibility index (Phi) is 9.38. The zero-order chi connectivity index (χ0) is 28.0. The van der Waals surface area contributed by atoms with Crippen LogP contribution in [0, 0.1) is 5.82 Å². The van der Waals surface area contributed by atoms with Crippen LogP contribution in [-0.2, 0) is 24.4 Å². The van der Waals surface area contributed by atoms with Crippen molar-refractivity contribution in [2.45, 2.75) is 28.3 Å². The van der Waals surface area contributed by atoms with Crippen LogP contribution in [0.5, 0.6) is 0 Å². The molecule has 0 aliphatic carbocycles. The van der Waals surface area contributed by atoms with Gasteiger partial charge in [-0.25, -0.2) is 12.8 Å².